The molecule has 1 heterocycles. The Bertz CT molecular complexity index is 646. The molecule has 0 fully saturated rings. The molecule has 0 saturated heterocycles. The predicted octanol–water partition coefficient (Wildman–Crippen LogP) is 3.20. The summed E-state index contributed by atoms with van der Waals surface area (Å²) in [5.74, 6) is 0.664. The second-order valence-corrected chi connectivity index (χ2v) is 4.85. The van der Waals surface area contributed by atoms with Crippen molar-refractivity contribution in [2.75, 3.05) is 13.7 Å². The van der Waals surface area contributed by atoms with Crippen LogP contribution in [0.15, 0.2) is 24.3 Å². The number of rotatable bonds is 5. The molecule has 0 bridgehead atoms. The molecule has 1 N–H and O–H groups in total. The topological polar surface area (TPSA) is 42.8 Å². The highest BCUT2D eigenvalue weighted by Gasteiger charge is 2.29. The van der Waals surface area contributed by atoms with E-state index in [0.717, 1.165) is 17.7 Å². The molecule has 0 saturated carbocycles. The Hall–Kier alpha value is -1.67. The average Bonchev–Trinajstić information content (AvgIpc) is 2.77. The summed E-state index contributed by atoms with van der Waals surface area (Å²) >= 11 is 5.11. The van der Waals surface area contributed by atoms with Crippen LogP contribution >= 0.6 is 12.2 Å². The van der Waals surface area contributed by atoms with E-state index in [4.69, 9.17) is 17.0 Å². The van der Waals surface area contributed by atoms with Gasteiger partial charge in [0.1, 0.15) is 5.82 Å². The Morgan fingerprint density at radius 2 is 1.95 bits per heavy atom. The summed E-state index contributed by atoms with van der Waals surface area (Å²) in [4.78, 5) is 0. The molecule has 1 aromatic heterocycles. The minimum absolute atomic E-state index is 0.398. The van der Waals surface area contributed by atoms with Gasteiger partial charge in [0.05, 0.1) is 12.2 Å². The Morgan fingerprint density at radius 3 is 2.52 bits per heavy atom. The van der Waals surface area contributed by atoms with Gasteiger partial charge in [-0.3, -0.25) is 5.10 Å². The monoisotopic (exact) mass is 317 g/mol. The first-order valence-corrected chi connectivity index (χ1v) is 6.62. The van der Waals surface area contributed by atoms with Crippen LogP contribution in [0.2, 0.25) is 0 Å². The second-order valence-electron chi connectivity index (χ2n) is 4.46. The number of hydrogen-bond donors (Lipinski definition) is 1. The predicted molar refractivity (Wildman–Crippen MR) is 73.5 cm³/mol. The largest absolute Gasteiger partial charge is 0.416 e. The SMILES string of the molecule is COCCn1c(Cc2ccc(C(F)(F)F)cc2)n[nH]c1=S. The fourth-order valence-corrected chi connectivity index (χ4v) is 2.13. The van der Waals surface area contributed by atoms with Crippen molar-refractivity contribution in [3.8, 4) is 0 Å². The van der Waals surface area contributed by atoms with Crippen LogP contribution in [0, 0.1) is 4.77 Å². The van der Waals surface area contributed by atoms with Crippen molar-refractivity contribution in [2.45, 2.75) is 19.1 Å². The highest BCUT2D eigenvalue weighted by atomic mass is 32.1. The van der Waals surface area contributed by atoms with Crippen LogP contribution in [0.4, 0.5) is 13.2 Å². The van der Waals surface area contributed by atoms with E-state index in [2.05, 4.69) is 10.2 Å². The summed E-state index contributed by atoms with van der Waals surface area (Å²) in [6, 6.07) is 5.02. The van der Waals surface area contributed by atoms with Crippen LogP contribution in [0.5, 0.6) is 0 Å². The maximum absolute atomic E-state index is 12.5. The molecule has 0 aliphatic rings. The molecular weight excluding hydrogens is 303 g/mol. The van der Waals surface area contributed by atoms with Crippen LogP contribution in [0.1, 0.15) is 17.0 Å². The van der Waals surface area contributed by atoms with E-state index in [9.17, 15) is 13.2 Å². The summed E-state index contributed by atoms with van der Waals surface area (Å²) in [6.07, 6.45) is -3.92. The normalized spacial score (nSPS) is 11.8. The first-order chi connectivity index (χ1) is 9.91. The van der Waals surface area contributed by atoms with Gasteiger partial charge in [0.15, 0.2) is 4.77 Å². The van der Waals surface area contributed by atoms with Gasteiger partial charge in [-0.25, -0.2) is 0 Å². The van der Waals surface area contributed by atoms with Crippen LogP contribution < -0.4 is 0 Å². The van der Waals surface area contributed by atoms with Gasteiger partial charge < -0.3 is 9.30 Å². The van der Waals surface area contributed by atoms with Gasteiger partial charge >= 0.3 is 6.18 Å². The molecule has 0 radical (unpaired) electrons. The van der Waals surface area contributed by atoms with Gasteiger partial charge in [-0.2, -0.15) is 18.3 Å². The first kappa shape index (κ1) is 15.7. The molecule has 0 unspecified atom stereocenters. The maximum Gasteiger partial charge on any atom is 0.416 e. The minimum Gasteiger partial charge on any atom is -0.383 e. The molecular formula is C13H14F3N3OS. The van der Waals surface area contributed by atoms with Crippen molar-refractivity contribution in [2.24, 2.45) is 0 Å². The Morgan fingerprint density at radius 1 is 1.29 bits per heavy atom. The van der Waals surface area contributed by atoms with Crippen LogP contribution in [-0.4, -0.2) is 28.5 Å². The van der Waals surface area contributed by atoms with E-state index in [1.54, 1.807) is 11.7 Å². The molecule has 0 aliphatic carbocycles. The van der Waals surface area contributed by atoms with Crippen LogP contribution in [0.25, 0.3) is 0 Å². The highest BCUT2D eigenvalue weighted by Crippen LogP contribution is 2.29. The summed E-state index contributed by atoms with van der Waals surface area (Å²) in [6.45, 7) is 1.02. The number of halogens is 3. The van der Waals surface area contributed by atoms with Crippen molar-refractivity contribution in [3.63, 3.8) is 0 Å². The molecule has 114 valence electrons. The fraction of sp³-hybridized carbons (Fsp3) is 0.385. The standard InChI is InChI=1S/C13H14F3N3OS/c1-20-7-6-19-11(17-18-12(19)21)8-9-2-4-10(5-3-9)13(14,15)16/h2-5H,6-8H2,1H3,(H,18,21). The van der Waals surface area contributed by atoms with E-state index < -0.39 is 11.7 Å². The van der Waals surface area contributed by atoms with Crippen LogP contribution in [0.3, 0.4) is 0 Å². The Balaban J connectivity index is 2.17. The molecule has 1 aromatic carbocycles. The third-order valence-electron chi connectivity index (χ3n) is 3.00. The molecule has 0 atom stereocenters. The maximum atomic E-state index is 12.5. The van der Waals surface area contributed by atoms with Crippen molar-refractivity contribution in [1.82, 2.24) is 14.8 Å². The lowest BCUT2D eigenvalue weighted by atomic mass is 10.1. The lowest BCUT2D eigenvalue weighted by Crippen LogP contribution is -2.09. The molecule has 0 aliphatic heterocycles. The van der Waals surface area contributed by atoms with Crippen molar-refractivity contribution in [1.29, 1.82) is 0 Å². The average molecular weight is 317 g/mol. The quantitative estimate of drug-likeness (QED) is 0.861. The number of nitrogens with one attached hydrogen (secondary N) is 1. The third kappa shape index (κ3) is 3.92. The summed E-state index contributed by atoms with van der Waals surface area (Å²) in [5.41, 5.74) is 0.0696. The van der Waals surface area contributed by atoms with Gasteiger partial charge in [-0.15, -0.1) is 0 Å². The van der Waals surface area contributed by atoms with Crippen LogP contribution in [-0.2, 0) is 23.9 Å². The minimum atomic E-state index is -4.32. The zero-order valence-electron chi connectivity index (χ0n) is 11.3. The highest BCUT2D eigenvalue weighted by molar-refractivity contribution is 7.71. The summed E-state index contributed by atoms with van der Waals surface area (Å²) in [5, 5.41) is 6.79. The number of aromatic nitrogens is 3. The number of hydrogen-bond acceptors (Lipinski definition) is 3. The summed E-state index contributed by atoms with van der Waals surface area (Å²) < 4.78 is 44.7. The van der Waals surface area contributed by atoms with Crippen molar-refractivity contribution < 1.29 is 17.9 Å². The number of H-pyrrole nitrogens is 1. The number of alkyl halides is 3. The van der Waals surface area contributed by atoms with E-state index in [0.29, 0.717) is 30.2 Å². The lowest BCUT2D eigenvalue weighted by Gasteiger charge is -2.08. The lowest BCUT2D eigenvalue weighted by molar-refractivity contribution is -0.137. The zero-order chi connectivity index (χ0) is 15.5. The zero-order valence-corrected chi connectivity index (χ0v) is 12.1. The third-order valence-corrected chi connectivity index (χ3v) is 3.31. The van der Waals surface area contributed by atoms with E-state index in [1.165, 1.54) is 12.1 Å². The van der Waals surface area contributed by atoms with E-state index in [1.807, 2.05) is 0 Å². The number of methoxy groups -OCH3 is 1. The Labute approximate surface area is 124 Å². The van der Waals surface area contributed by atoms with Crippen molar-refractivity contribution >= 4 is 12.2 Å². The van der Waals surface area contributed by atoms with Gasteiger partial charge in [-0.05, 0) is 29.9 Å². The molecule has 2 rings (SSSR count). The number of ether oxygens (including phenoxy) is 1. The van der Waals surface area contributed by atoms with Gasteiger partial charge in [-0.1, -0.05) is 12.1 Å². The fourth-order valence-electron chi connectivity index (χ4n) is 1.89. The molecule has 0 spiro atoms. The van der Waals surface area contributed by atoms with Gasteiger partial charge in [0.2, 0.25) is 0 Å². The van der Waals surface area contributed by atoms with Gasteiger partial charge in [0, 0.05) is 20.1 Å². The smallest absolute Gasteiger partial charge is 0.383 e. The van der Waals surface area contributed by atoms with Crippen molar-refractivity contribution in [3.05, 3.63) is 46.0 Å². The number of benzene rings is 1. The molecule has 2 aromatic rings. The number of nitrogens with zero attached hydrogens (tertiary/aromatic N) is 2. The van der Waals surface area contributed by atoms with Gasteiger partial charge in [0.25, 0.3) is 0 Å². The molecule has 21 heavy (non-hydrogen) atoms. The van der Waals surface area contributed by atoms with E-state index >= 15 is 0 Å². The molecule has 8 heteroatoms. The Kier molecular flexibility index (Phi) is 4.79. The molecule has 0 amide bonds. The number of aromatic amines is 1. The van der Waals surface area contributed by atoms with E-state index in [-0.39, 0.29) is 0 Å². The first-order valence-electron chi connectivity index (χ1n) is 6.21. The second kappa shape index (κ2) is 6.40. The molecule has 4 nitrogen and oxygen atoms in total. The summed E-state index contributed by atoms with van der Waals surface area (Å²) in [7, 11) is 1.58.